The Kier molecular flexibility index (Phi) is 6.25. The molecule has 3 heterocycles. The van der Waals surface area contributed by atoms with Crippen LogP contribution in [0.2, 0.25) is 10.0 Å². The zero-order valence-electron chi connectivity index (χ0n) is 16.1. The molecule has 0 aliphatic carbocycles. The van der Waals surface area contributed by atoms with Crippen molar-refractivity contribution in [2.75, 3.05) is 17.6 Å². The maximum Gasteiger partial charge on any atom is 0.152 e. The second-order valence-corrected chi connectivity index (χ2v) is 8.61. The Bertz CT molecular complexity index is 1290. The number of thiazole rings is 1. The molecule has 0 fully saturated rings. The molecule has 0 aliphatic rings. The molecule has 0 aliphatic heterocycles. The van der Waals surface area contributed by atoms with E-state index in [0.717, 1.165) is 22.5 Å². The number of nitrogens with zero attached hydrogens (tertiary/aromatic N) is 5. The van der Waals surface area contributed by atoms with E-state index < -0.39 is 0 Å². The molecule has 4 aromatic rings. The number of fused-ring (bicyclic) bond motifs is 1. The highest BCUT2D eigenvalue weighted by atomic mass is 35.5. The van der Waals surface area contributed by atoms with Gasteiger partial charge in [-0.15, -0.1) is 11.3 Å². The molecule has 8 nitrogen and oxygen atoms in total. The number of hydrogen-bond donors (Lipinski definition) is 3. The predicted molar refractivity (Wildman–Crippen MR) is 122 cm³/mol. The van der Waals surface area contributed by atoms with E-state index in [4.69, 9.17) is 39.2 Å². The SMILES string of the molecule is N#Cc1sc(CCCNc2nc(-c3ccc(Cl)cc3Cl)cn3nc(CO)cc23)nc1N. The predicted octanol–water partition coefficient (Wildman–Crippen LogP) is 4.15. The first-order chi connectivity index (χ1) is 15.0. The van der Waals surface area contributed by atoms with Gasteiger partial charge < -0.3 is 16.2 Å². The Hall–Kier alpha value is -2.90. The van der Waals surface area contributed by atoms with Gasteiger partial charge in [0.15, 0.2) is 11.6 Å². The van der Waals surface area contributed by atoms with E-state index in [1.165, 1.54) is 11.3 Å². The van der Waals surface area contributed by atoms with Crippen LogP contribution in [-0.4, -0.2) is 31.2 Å². The highest BCUT2D eigenvalue weighted by Gasteiger charge is 2.14. The van der Waals surface area contributed by atoms with Crippen LogP contribution in [0, 0.1) is 11.3 Å². The van der Waals surface area contributed by atoms with Crippen molar-refractivity contribution in [3.8, 4) is 17.3 Å². The van der Waals surface area contributed by atoms with Gasteiger partial charge in [0.1, 0.15) is 16.5 Å². The Morgan fingerprint density at radius 2 is 2.10 bits per heavy atom. The molecule has 0 saturated carbocycles. The average molecular weight is 474 g/mol. The summed E-state index contributed by atoms with van der Waals surface area (Å²) >= 11 is 13.7. The minimum absolute atomic E-state index is 0.176. The van der Waals surface area contributed by atoms with Crippen molar-refractivity contribution < 1.29 is 5.11 Å². The van der Waals surface area contributed by atoms with Gasteiger partial charge in [-0.05, 0) is 30.7 Å². The van der Waals surface area contributed by atoms with Gasteiger partial charge in [-0.2, -0.15) is 10.4 Å². The van der Waals surface area contributed by atoms with E-state index in [1.807, 2.05) is 6.07 Å². The fourth-order valence-electron chi connectivity index (χ4n) is 3.09. The van der Waals surface area contributed by atoms with E-state index in [1.54, 1.807) is 35.0 Å². The molecule has 0 spiro atoms. The zero-order chi connectivity index (χ0) is 22.0. The molecule has 0 bridgehead atoms. The minimum Gasteiger partial charge on any atom is -0.390 e. The number of benzene rings is 1. The zero-order valence-corrected chi connectivity index (χ0v) is 18.5. The molecule has 4 N–H and O–H groups in total. The summed E-state index contributed by atoms with van der Waals surface area (Å²) in [6.45, 7) is 0.437. The van der Waals surface area contributed by atoms with E-state index in [-0.39, 0.29) is 12.4 Å². The fourth-order valence-corrected chi connectivity index (χ4v) is 4.42. The molecule has 0 amide bonds. The van der Waals surface area contributed by atoms with Gasteiger partial charge in [0.25, 0.3) is 0 Å². The first-order valence-electron chi connectivity index (χ1n) is 9.33. The van der Waals surface area contributed by atoms with Crippen molar-refractivity contribution >= 4 is 51.7 Å². The van der Waals surface area contributed by atoms with Crippen molar-refractivity contribution in [1.82, 2.24) is 19.6 Å². The third-order valence-electron chi connectivity index (χ3n) is 4.53. The van der Waals surface area contributed by atoms with Crippen LogP contribution in [0.3, 0.4) is 0 Å². The van der Waals surface area contributed by atoms with E-state index in [0.29, 0.717) is 45.1 Å². The number of nitrogens with one attached hydrogen (secondary N) is 1. The highest BCUT2D eigenvalue weighted by molar-refractivity contribution is 7.12. The van der Waals surface area contributed by atoms with Gasteiger partial charge in [0, 0.05) is 23.6 Å². The highest BCUT2D eigenvalue weighted by Crippen LogP contribution is 2.31. The number of anilines is 2. The van der Waals surface area contributed by atoms with Crippen LogP contribution in [-0.2, 0) is 13.0 Å². The second-order valence-electron chi connectivity index (χ2n) is 6.69. The minimum atomic E-state index is -0.176. The first kappa shape index (κ1) is 21.3. The number of aryl methyl sites for hydroxylation is 1. The molecule has 0 saturated heterocycles. The van der Waals surface area contributed by atoms with Gasteiger partial charge in [0.2, 0.25) is 0 Å². The third-order valence-corrected chi connectivity index (χ3v) is 6.12. The molecule has 11 heteroatoms. The average Bonchev–Trinajstić information content (AvgIpc) is 3.33. The number of halogens is 2. The van der Waals surface area contributed by atoms with Crippen molar-refractivity contribution in [3.63, 3.8) is 0 Å². The van der Waals surface area contributed by atoms with Crippen LogP contribution in [0.25, 0.3) is 16.8 Å². The number of hydrogen-bond acceptors (Lipinski definition) is 8. The number of nitriles is 1. The molecule has 0 atom stereocenters. The Labute approximate surface area is 191 Å². The van der Waals surface area contributed by atoms with Crippen LogP contribution < -0.4 is 11.1 Å². The summed E-state index contributed by atoms with van der Waals surface area (Å²) in [5, 5.41) is 28.0. The van der Waals surface area contributed by atoms with Gasteiger partial charge in [0.05, 0.1) is 34.2 Å². The van der Waals surface area contributed by atoms with E-state index in [2.05, 4.69) is 15.4 Å². The van der Waals surface area contributed by atoms with Crippen molar-refractivity contribution in [3.05, 3.63) is 56.1 Å². The molecule has 158 valence electrons. The number of rotatable bonds is 7. The maximum atomic E-state index is 9.48. The molecule has 0 radical (unpaired) electrons. The smallest absolute Gasteiger partial charge is 0.152 e. The maximum absolute atomic E-state index is 9.48. The summed E-state index contributed by atoms with van der Waals surface area (Å²) < 4.78 is 1.67. The standard InChI is InChI=1S/C20H17Cl2N7OS/c21-11-3-4-13(14(22)6-11)15-9-29-16(7-12(10-30)28-29)20(26-15)25-5-1-2-18-27-19(24)17(8-23)31-18/h3-4,6-7,9,30H,1-2,5,10,24H2,(H,25,26). The van der Waals surface area contributed by atoms with Crippen molar-refractivity contribution in [2.24, 2.45) is 0 Å². The molecule has 4 rings (SSSR count). The molecule has 3 aromatic heterocycles. The lowest BCUT2D eigenvalue weighted by atomic mass is 10.1. The lowest BCUT2D eigenvalue weighted by Crippen LogP contribution is -2.07. The third kappa shape index (κ3) is 4.57. The monoisotopic (exact) mass is 473 g/mol. The Balaban J connectivity index is 1.57. The summed E-state index contributed by atoms with van der Waals surface area (Å²) in [5.41, 5.74) is 8.34. The van der Waals surface area contributed by atoms with Crippen LogP contribution in [0.5, 0.6) is 0 Å². The topological polar surface area (TPSA) is 125 Å². The lowest BCUT2D eigenvalue weighted by Gasteiger charge is -2.11. The number of aromatic nitrogens is 4. The van der Waals surface area contributed by atoms with Crippen molar-refractivity contribution in [1.29, 1.82) is 5.26 Å². The number of nitrogens with two attached hydrogens (primary N) is 1. The van der Waals surface area contributed by atoms with E-state index in [9.17, 15) is 5.11 Å². The van der Waals surface area contributed by atoms with Gasteiger partial charge in [-0.3, -0.25) is 0 Å². The summed E-state index contributed by atoms with van der Waals surface area (Å²) in [4.78, 5) is 9.39. The summed E-state index contributed by atoms with van der Waals surface area (Å²) in [6, 6.07) is 9.04. The van der Waals surface area contributed by atoms with Gasteiger partial charge in [-0.25, -0.2) is 14.5 Å². The number of aliphatic hydroxyl groups is 1. The van der Waals surface area contributed by atoms with Crippen molar-refractivity contribution in [2.45, 2.75) is 19.4 Å². The van der Waals surface area contributed by atoms with Crippen LogP contribution in [0.4, 0.5) is 11.6 Å². The van der Waals surface area contributed by atoms with Crippen LogP contribution in [0.1, 0.15) is 22.0 Å². The van der Waals surface area contributed by atoms with E-state index >= 15 is 0 Å². The Morgan fingerprint density at radius 3 is 2.81 bits per heavy atom. The van der Waals surface area contributed by atoms with Gasteiger partial charge >= 0.3 is 0 Å². The number of nitrogen functional groups attached to an aromatic ring is 1. The van der Waals surface area contributed by atoms with Crippen LogP contribution >= 0.6 is 34.5 Å². The molecule has 0 unspecified atom stereocenters. The number of aliphatic hydroxyl groups excluding tert-OH is 1. The summed E-state index contributed by atoms with van der Waals surface area (Å²) in [7, 11) is 0. The summed E-state index contributed by atoms with van der Waals surface area (Å²) in [6.07, 6.45) is 3.21. The van der Waals surface area contributed by atoms with Gasteiger partial charge in [-0.1, -0.05) is 23.2 Å². The second kappa shape index (κ2) is 9.08. The first-order valence-corrected chi connectivity index (χ1v) is 10.9. The molecular weight excluding hydrogens is 457 g/mol. The largest absolute Gasteiger partial charge is 0.390 e. The molecule has 31 heavy (non-hydrogen) atoms. The summed E-state index contributed by atoms with van der Waals surface area (Å²) in [5.74, 6) is 0.897. The quantitative estimate of drug-likeness (QED) is 0.344. The molecular formula is C20H17Cl2N7OS. The molecule has 1 aromatic carbocycles. The Morgan fingerprint density at radius 1 is 1.26 bits per heavy atom. The lowest BCUT2D eigenvalue weighted by molar-refractivity contribution is 0.276. The normalized spacial score (nSPS) is 11.0. The fraction of sp³-hybridized carbons (Fsp3) is 0.200. The van der Waals surface area contributed by atoms with Crippen LogP contribution in [0.15, 0.2) is 30.5 Å².